The normalized spacial score (nSPS) is 27.3. The number of piperazine rings is 1. The fourth-order valence-corrected chi connectivity index (χ4v) is 7.54. The van der Waals surface area contributed by atoms with E-state index < -0.39 is 24.2 Å². The number of carbonyl (C=O) groups is 2. The Labute approximate surface area is 322 Å². The number of allylic oxidation sites excluding steroid dienone is 3. The summed E-state index contributed by atoms with van der Waals surface area (Å²) in [6.07, 6.45) is 11.3. The number of phenols is 2. The van der Waals surface area contributed by atoms with Gasteiger partial charge in [0, 0.05) is 67.9 Å². The van der Waals surface area contributed by atoms with Gasteiger partial charge in [0.15, 0.2) is 6.10 Å². The van der Waals surface area contributed by atoms with Gasteiger partial charge in [0.05, 0.1) is 11.8 Å². The molecular weight excluding hydrogens is 693 g/mol. The molecule has 5 atom stereocenters. The Kier molecular flexibility index (Phi) is 17.7. The maximum Gasteiger partial charge on any atom is 0.405 e. The largest absolute Gasteiger partial charge is 0.508 e. The first-order chi connectivity index (χ1) is 25.1. The molecule has 2 heterocycles. The molecule has 1 aromatic rings. The minimum Gasteiger partial charge on any atom is -0.508 e. The van der Waals surface area contributed by atoms with Gasteiger partial charge >= 0.3 is 6.09 Å². The SMILES string of the molecule is CO[C@H]1C[C@H](C)Cc2c(O)c(cc(O)c2CCCN2CCN(CCC(C)(C)SC)CC2)NC(=O)/C(C)=C/C=C\[C@H](OC)[C@@H](OC(N)=O)/C(C)=C/[C@H](C)C1. The number of thioether (sulfide) groups is 1. The number of benzene rings is 1. The summed E-state index contributed by atoms with van der Waals surface area (Å²) in [5.41, 5.74) is 8.11. The summed E-state index contributed by atoms with van der Waals surface area (Å²) < 4.78 is 17.4. The highest BCUT2D eigenvalue weighted by Crippen LogP contribution is 2.40. The molecule has 2 bridgehead atoms. The number of anilines is 1. The second-order valence-electron chi connectivity index (χ2n) is 15.5. The van der Waals surface area contributed by atoms with E-state index in [0.29, 0.717) is 41.6 Å². The van der Waals surface area contributed by atoms with Crippen LogP contribution in [0.3, 0.4) is 0 Å². The molecule has 1 saturated heterocycles. The Morgan fingerprint density at radius 1 is 1.06 bits per heavy atom. The molecule has 0 aromatic heterocycles. The molecule has 2 amide bonds. The van der Waals surface area contributed by atoms with Crippen LogP contribution in [-0.4, -0.2) is 115 Å². The van der Waals surface area contributed by atoms with E-state index in [1.807, 2.05) is 24.8 Å². The number of hydrogen-bond donors (Lipinski definition) is 4. The molecule has 298 valence electrons. The topological polar surface area (TPSA) is 147 Å². The first-order valence-electron chi connectivity index (χ1n) is 19.0. The number of aromatic hydroxyl groups is 2. The number of primary amides is 1. The van der Waals surface area contributed by atoms with Crippen molar-refractivity contribution in [1.29, 1.82) is 0 Å². The van der Waals surface area contributed by atoms with Crippen LogP contribution in [0.1, 0.15) is 78.4 Å². The Morgan fingerprint density at radius 2 is 1.72 bits per heavy atom. The lowest BCUT2D eigenvalue weighted by atomic mass is 9.87. The van der Waals surface area contributed by atoms with Crippen LogP contribution in [0.2, 0.25) is 0 Å². The number of fused-ring (bicyclic) bond motifs is 2. The number of phenolic OH excluding ortho intramolecular Hbond substituents is 2. The van der Waals surface area contributed by atoms with E-state index in [-0.39, 0.29) is 35.1 Å². The van der Waals surface area contributed by atoms with E-state index in [2.05, 4.69) is 49.1 Å². The minimum absolute atomic E-state index is 0.0205. The minimum atomic E-state index is -0.914. The third-order valence-corrected chi connectivity index (χ3v) is 12.0. The van der Waals surface area contributed by atoms with Crippen molar-refractivity contribution in [3.63, 3.8) is 0 Å². The van der Waals surface area contributed by atoms with E-state index in [0.717, 1.165) is 56.8 Å². The lowest BCUT2D eigenvalue weighted by Crippen LogP contribution is -2.47. The summed E-state index contributed by atoms with van der Waals surface area (Å²) in [6, 6.07) is 1.46. The lowest BCUT2D eigenvalue weighted by Gasteiger charge is -2.36. The number of amides is 2. The molecular formula is C41H66N4O7S. The zero-order valence-corrected chi connectivity index (χ0v) is 34.4. The van der Waals surface area contributed by atoms with Gasteiger partial charge in [-0.15, -0.1) is 0 Å². The molecule has 0 saturated carbocycles. The summed E-state index contributed by atoms with van der Waals surface area (Å²) >= 11 is 1.92. The van der Waals surface area contributed by atoms with Gasteiger partial charge in [-0.1, -0.05) is 52.0 Å². The van der Waals surface area contributed by atoms with Crippen LogP contribution in [0.25, 0.3) is 0 Å². The Bertz CT molecular complexity index is 1450. The molecule has 2 aliphatic heterocycles. The summed E-state index contributed by atoms with van der Waals surface area (Å²) in [4.78, 5) is 30.2. The molecule has 11 nitrogen and oxygen atoms in total. The van der Waals surface area contributed by atoms with Crippen LogP contribution >= 0.6 is 11.8 Å². The molecule has 1 aromatic carbocycles. The summed E-state index contributed by atoms with van der Waals surface area (Å²) in [7, 11) is 3.21. The molecule has 2 aliphatic rings. The standard InChI is InChI=1S/C41H66N4O7S/c1-27-22-30(4)38(52-40(42)49)36(51-8)14-10-12-29(3)39(48)43-34-26-35(46)32(33(37(34)47)25-28(2)24-31(23-27)50-7)13-11-16-44-18-20-45(21-19-44)17-15-41(5,6)53-9/h10,12,14,22,26-28,31,36,38,46-47H,11,13,15-21,23-25H2,1-9H3,(H2,42,49)(H,43,48)/b14-10-,29-12+,30-22+/t27-,28-,31+,36-,38-/m0/s1. The zero-order chi connectivity index (χ0) is 39.3. The fraction of sp³-hybridized carbons (Fsp3) is 0.659. The van der Waals surface area contributed by atoms with Gasteiger partial charge in [-0.25, -0.2) is 4.79 Å². The zero-order valence-electron chi connectivity index (χ0n) is 33.6. The van der Waals surface area contributed by atoms with Crippen molar-refractivity contribution in [2.24, 2.45) is 17.6 Å². The number of methoxy groups -OCH3 is 2. The molecule has 53 heavy (non-hydrogen) atoms. The third-order valence-electron chi connectivity index (χ3n) is 10.7. The van der Waals surface area contributed by atoms with E-state index in [4.69, 9.17) is 19.9 Å². The monoisotopic (exact) mass is 758 g/mol. The predicted molar refractivity (Wildman–Crippen MR) is 216 cm³/mol. The van der Waals surface area contributed by atoms with Crippen molar-refractivity contribution in [1.82, 2.24) is 9.80 Å². The fourth-order valence-electron chi connectivity index (χ4n) is 7.24. The number of hydrogen-bond acceptors (Lipinski definition) is 10. The predicted octanol–water partition coefficient (Wildman–Crippen LogP) is 6.67. The van der Waals surface area contributed by atoms with Gasteiger partial charge in [-0.3, -0.25) is 4.79 Å². The molecule has 0 radical (unpaired) electrons. The number of rotatable bonds is 11. The van der Waals surface area contributed by atoms with Crippen LogP contribution in [0.4, 0.5) is 10.5 Å². The van der Waals surface area contributed by atoms with Crippen LogP contribution in [0, 0.1) is 11.8 Å². The summed E-state index contributed by atoms with van der Waals surface area (Å²) in [6.45, 7) is 18.5. The van der Waals surface area contributed by atoms with Gasteiger partial charge in [-0.2, -0.15) is 11.8 Å². The molecule has 3 rings (SSSR count). The second-order valence-corrected chi connectivity index (χ2v) is 17.0. The van der Waals surface area contributed by atoms with Gasteiger partial charge in [0.25, 0.3) is 5.91 Å². The second kappa shape index (κ2) is 21.2. The number of nitrogens with zero attached hydrogens (tertiary/aromatic N) is 2. The van der Waals surface area contributed by atoms with Crippen molar-refractivity contribution in [2.75, 3.05) is 65.1 Å². The van der Waals surface area contributed by atoms with Crippen LogP contribution in [0.5, 0.6) is 11.5 Å². The number of nitrogens with two attached hydrogens (primary N) is 1. The molecule has 0 aliphatic carbocycles. The maximum absolute atomic E-state index is 13.3. The van der Waals surface area contributed by atoms with Crippen molar-refractivity contribution < 1.29 is 34.0 Å². The van der Waals surface area contributed by atoms with E-state index in [1.54, 1.807) is 32.3 Å². The molecule has 5 N–H and O–H groups in total. The van der Waals surface area contributed by atoms with Gasteiger partial charge in [0.1, 0.15) is 17.6 Å². The Hall–Kier alpha value is -3.03. The summed E-state index contributed by atoms with van der Waals surface area (Å²) in [5, 5.41) is 25.9. The van der Waals surface area contributed by atoms with E-state index >= 15 is 0 Å². The quantitative estimate of drug-likeness (QED) is 0.110. The lowest BCUT2D eigenvalue weighted by molar-refractivity contribution is -0.112. The molecule has 0 unspecified atom stereocenters. The molecule has 1 fully saturated rings. The van der Waals surface area contributed by atoms with Gasteiger partial charge < -0.3 is 45.3 Å². The Morgan fingerprint density at radius 3 is 2.32 bits per heavy atom. The smallest absolute Gasteiger partial charge is 0.405 e. The first kappa shape index (κ1) is 44.4. The van der Waals surface area contributed by atoms with Gasteiger partial charge in [-0.05, 0) is 89.1 Å². The van der Waals surface area contributed by atoms with E-state index in [9.17, 15) is 19.8 Å². The average Bonchev–Trinajstić information content (AvgIpc) is 3.11. The average molecular weight is 759 g/mol. The van der Waals surface area contributed by atoms with Gasteiger partial charge in [0.2, 0.25) is 0 Å². The van der Waals surface area contributed by atoms with E-state index in [1.165, 1.54) is 19.6 Å². The third kappa shape index (κ3) is 14.0. The summed E-state index contributed by atoms with van der Waals surface area (Å²) in [5.74, 6) is -0.247. The molecule has 12 heteroatoms. The van der Waals surface area contributed by atoms with Crippen LogP contribution in [-0.2, 0) is 31.8 Å². The highest BCUT2D eigenvalue weighted by Gasteiger charge is 2.27. The number of ether oxygens (including phenoxy) is 3. The Balaban J connectivity index is 1.86. The first-order valence-corrected chi connectivity index (χ1v) is 20.2. The van der Waals surface area contributed by atoms with Crippen molar-refractivity contribution >= 4 is 29.4 Å². The maximum atomic E-state index is 13.3. The van der Waals surface area contributed by atoms with Crippen molar-refractivity contribution in [3.8, 4) is 11.5 Å². The molecule has 0 spiro atoms. The number of nitrogens with one attached hydrogen (secondary N) is 1. The highest BCUT2D eigenvalue weighted by molar-refractivity contribution is 7.99. The van der Waals surface area contributed by atoms with Crippen molar-refractivity contribution in [2.45, 2.75) is 103 Å². The number of carbonyl (C=O) groups excluding carboxylic acids is 2. The van der Waals surface area contributed by atoms with Crippen LogP contribution in [0.15, 0.2) is 41.5 Å². The van der Waals surface area contributed by atoms with Crippen LogP contribution < -0.4 is 11.1 Å². The highest BCUT2D eigenvalue weighted by atomic mass is 32.2. The van der Waals surface area contributed by atoms with Crippen molar-refractivity contribution in [3.05, 3.63) is 52.6 Å².